The van der Waals surface area contributed by atoms with Crippen molar-refractivity contribution in [2.45, 2.75) is 44.1 Å². The fourth-order valence-corrected chi connectivity index (χ4v) is 8.58. The molecule has 0 unspecified atom stereocenters. The van der Waals surface area contributed by atoms with Gasteiger partial charge in [0.1, 0.15) is 11.6 Å². The van der Waals surface area contributed by atoms with Gasteiger partial charge in [0, 0.05) is 69.5 Å². The largest absolute Gasteiger partial charge is 0.508 e. The van der Waals surface area contributed by atoms with Gasteiger partial charge in [-0.05, 0) is 108 Å². The highest BCUT2D eigenvalue weighted by Gasteiger charge is 2.33. The van der Waals surface area contributed by atoms with Gasteiger partial charge < -0.3 is 20.2 Å². The number of phenols is 1. The number of carbonyl (C=O) groups is 1. The molecular formula is C40H43FN4O2. The summed E-state index contributed by atoms with van der Waals surface area (Å²) in [5, 5.41) is 13.1. The van der Waals surface area contributed by atoms with E-state index in [0.29, 0.717) is 23.9 Å². The summed E-state index contributed by atoms with van der Waals surface area (Å²) in [5.41, 5.74) is 8.47. The predicted octanol–water partition coefficient (Wildman–Crippen LogP) is 6.68. The van der Waals surface area contributed by atoms with Crippen LogP contribution in [0.4, 0.5) is 15.8 Å². The Labute approximate surface area is 276 Å². The number of benzene rings is 4. The number of rotatable bonds is 6. The zero-order valence-electron chi connectivity index (χ0n) is 26.9. The van der Waals surface area contributed by atoms with Gasteiger partial charge in [-0.25, -0.2) is 4.39 Å². The number of aryl methyl sites for hydroxylation is 1. The van der Waals surface area contributed by atoms with Gasteiger partial charge in [-0.2, -0.15) is 0 Å². The summed E-state index contributed by atoms with van der Waals surface area (Å²) < 4.78 is 16.0. The van der Waals surface area contributed by atoms with Crippen LogP contribution in [-0.2, 0) is 13.0 Å². The molecule has 4 aromatic carbocycles. The normalized spacial score (nSPS) is 21.8. The number of halogens is 1. The Bertz CT molecular complexity index is 1760. The van der Waals surface area contributed by atoms with Crippen LogP contribution in [0.15, 0.2) is 84.9 Å². The molecule has 4 aliphatic rings. The molecule has 0 aromatic heterocycles. The van der Waals surface area contributed by atoms with E-state index in [1.54, 1.807) is 12.1 Å². The number of hydrogen-bond donors (Lipinski definition) is 2. The fraction of sp³-hybridized carbons (Fsp3) is 0.375. The summed E-state index contributed by atoms with van der Waals surface area (Å²) in [4.78, 5) is 19.2. The van der Waals surface area contributed by atoms with Crippen molar-refractivity contribution in [2.24, 2.45) is 5.92 Å². The highest BCUT2D eigenvalue weighted by atomic mass is 19.1. The molecule has 0 radical (unpaired) electrons. The van der Waals surface area contributed by atoms with Crippen molar-refractivity contribution in [1.29, 1.82) is 0 Å². The van der Waals surface area contributed by atoms with E-state index in [4.69, 9.17) is 0 Å². The van der Waals surface area contributed by atoms with Gasteiger partial charge in [0.25, 0.3) is 5.91 Å². The third-order valence-corrected chi connectivity index (χ3v) is 11.1. The number of fused-ring (bicyclic) bond motifs is 2. The Balaban J connectivity index is 0.898. The zero-order valence-corrected chi connectivity index (χ0v) is 26.9. The Morgan fingerprint density at radius 1 is 0.766 bits per heavy atom. The molecule has 1 amide bonds. The summed E-state index contributed by atoms with van der Waals surface area (Å²) in [6.45, 7) is 7.55. The summed E-state index contributed by atoms with van der Waals surface area (Å²) in [6, 6.07) is 28.4. The van der Waals surface area contributed by atoms with E-state index < -0.39 is 0 Å². The molecule has 0 bridgehead atoms. The number of nitrogens with one attached hydrogen (secondary N) is 1. The van der Waals surface area contributed by atoms with Gasteiger partial charge in [0.05, 0.1) is 5.69 Å². The first kappa shape index (κ1) is 30.0. The third-order valence-electron chi connectivity index (χ3n) is 11.1. The molecule has 8 rings (SSSR count). The predicted molar refractivity (Wildman–Crippen MR) is 185 cm³/mol. The molecule has 47 heavy (non-hydrogen) atoms. The SMILES string of the molecule is O=C1NCc2cc(N3CCN(CC4CCN(c5ccc([C@@H]6c7ccc(O)cc7CC[C@@H]6c6ccccc6)cc5F)CC4)CC3)ccc21. The minimum Gasteiger partial charge on any atom is -0.508 e. The number of carbonyl (C=O) groups excluding carboxylic acids is 1. The number of aromatic hydroxyl groups is 1. The van der Waals surface area contributed by atoms with Crippen LogP contribution in [0, 0.1) is 11.7 Å². The lowest BCUT2D eigenvalue weighted by atomic mass is 9.69. The molecule has 2 fully saturated rings. The van der Waals surface area contributed by atoms with E-state index in [-0.39, 0.29) is 23.6 Å². The molecule has 242 valence electrons. The highest BCUT2D eigenvalue weighted by molar-refractivity contribution is 5.98. The van der Waals surface area contributed by atoms with E-state index in [2.05, 4.69) is 62.5 Å². The molecular weight excluding hydrogens is 587 g/mol. The minimum atomic E-state index is -0.138. The lowest BCUT2D eigenvalue weighted by Crippen LogP contribution is -2.49. The lowest BCUT2D eigenvalue weighted by Gasteiger charge is -2.40. The first-order valence-electron chi connectivity index (χ1n) is 17.3. The average Bonchev–Trinajstić information content (AvgIpc) is 3.48. The van der Waals surface area contributed by atoms with Gasteiger partial charge in [-0.15, -0.1) is 0 Å². The van der Waals surface area contributed by atoms with Crippen LogP contribution in [0.3, 0.4) is 0 Å². The first-order valence-corrected chi connectivity index (χ1v) is 17.3. The van der Waals surface area contributed by atoms with E-state index in [0.717, 1.165) is 93.8 Å². The monoisotopic (exact) mass is 630 g/mol. The second-order valence-electron chi connectivity index (χ2n) is 13.9. The minimum absolute atomic E-state index is 0.0345. The molecule has 1 aliphatic carbocycles. The smallest absolute Gasteiger partial charge is 0.251 e. The van der Waals surface area contributed by atoms with Gasteiger partial charge in [-0.3, -0.25) is 9.69 Å². The first-order chi connectivity index (χ1) is 23.0. The van der Waals surface area contributed by atoms with Crippen LogP contribution < -0.4 is 15.1 Å². The zero-order chi connectivity index (χ0) is 31.9. The summed E-state index contributed by atoms with van der Waals surface area (Å²) in [7, 11) is 0. The Hall–Kier alpha value is -4.36. The van der Waals surface area contributed by atoms with Crippen LogP contribution in [0.5, 0.6) is 5.75 Å². The van der Waals surface area contributed by atoms with E-state index in [1.165, 1.54) is 16.8 Å². The maximum atomic E-state index is 16.0. The van der Waals surface area contributed by atoms with Gasteiger partial charge in [0.2, 0.25) is 0 Å². The standard InChI is InChI=1S/C40H43FN4O2/c41-37-24-30(39-34(28-4-2-1-3-5-28)10-6-29-23-33(46)9-12-35(29)39)7-13-38(37)45-16-14-27(15-17-45)26-43-18-20-44(21-19-43)32-8-11-36-31(22-32)25-42-40(36)47/h1-5,7-9,11-13,22-24,27,34,39,46H,6,10,14-21,25-26H2,(H,42,47)/t34-,39+/m1/s1. The number of amides is 1. The Morgan fingerprint density at radius 2 is 1.57 bits per heavy atom. The van der Waals surface area contributed by atoms with Gasteiger partial charge >= 0.3 is 0 Å². The molecule has 3 heterocycles. The van der Waals surface area contributed by atoms with Crippen molar-refractivity contribution in [2.75, 3.05) is 55.6 Å². The van der Waals surface area contributed by atoms with Crippen LogP contribution >= 0.6 is 0 Å². The molecule has 4 aromatic rings. The summed E-state index contributed by atoms with van der Waals surface area (Å²) in [6.07, 6.45) is 4.01. The van der Waals surface area contributed by atoms with Crippen molar-refractivity contribution in [1.82, 2.24) is 10.2 Å². The molecule has 2 atom stereocenters. The third kappa shape index (κ3) is 5.98. The van der Waals surface area contributed by atoms with Crippen molar-refractivity contribution in [3.05, 3.63) is 124 Å². The van der Waals surface area contributed by atoms with E-state index in [1.807, 2.05) is 30.3 Å². The summed E-state index contributed by atoms with van der Waals surface area (Å²) >= 11 is 0. The van der Waals surface area contributed by atoms with Crippen molar-refractivity contribution >= 4 is 17.3 Å². The number of piperidine rings is 1. The quantitative estimate of drug-likeness (QED) is 0.249. The molecule has 0 spiro atoms. The number of nitrogens with zero attached hydrogens (tertiary/aromatic N) is 3. The molecule has 2 N–H and O–H groups in total. The maximum Gasteiger partial charge on any atom is 0.251 e. The second-order valence-corrected chi connectivity index (χ2v) is 13.9. The maximum absolute atomic E-state index is 16.0. The van der Waals surface area contributed by atoms with Gasteiger partial charge in [0.15, 0.2) is 0 Å². The van der Waals surface area contributed by atoms with Crippen LogP contribution in [0.25, 0.3) is 0 Å². The molecule has 3 aliphatic heterocycles. The lowest BCUT2D eigenvalue weighted by molar-refractivity contribution is 0.0965. The topological polar surface area (TPSA) is 59.1 Å². The van der Waals surface area contributed by atoms with E-state index in [9.17, 15) is 9.90 Å². The fourth-order valence-electron chi connectivity index (χ4n) is 8.58. The molecule has 0 saturated carbocycles. The second kappa shape index (κ2) is 12.7. The highest BCUT2D eigenvalue weighted by Crippen LogP contribution is 2.47. The number of anilines is 2. The van der Waals surface area contributed by atoms with Crippen molar-refractivity contribution in [3.63, 3.8) is 0 Å². The molecule has 6 nitrogen and oxygen atoms in total. The molecule has 7 heteroatoms. The van der Waals surface area contributed by atoms with Crippen LogP contribution in [0.2, 0.25) is 0 Å². The van der Waals surface area contributed by atoms with Crippen LogP contribution in [0.1, 0.15) is 69.3 Å². The Morgan fingerprint density at radius 3 is 2.36 bits per heavy atom. The summed E-state index contributed by atoms with van der Waals surface area (Å²) in [5.74, 6) is 1.11. The number of phenolic OH excluding ortho intramolecular Hbond substituents is 1. The van der Waals surface area contributed by atoms with Crippen LogP contribution in [-0.4, -0.2) is 61.7 Å². The number of piperazine rings is 1. The average molecular weight is 631 g/mol. The molecule has 2 saturated heterocycles. The number of hydrogen-bond acceptors (Lipinski definition) is 5. The Kier molecular flexibility index (Phi) is 8.10. The van der Waals surface area contributed by atoms with E-state index >= 15 is 4.39 Å². The van der Waals surface area contributed by atoms with Crippen molar-refractivity contribution < 1.29 is 14.3 Å². The van der Waals surface area contributed by atoms with Gasteiger partial charge in [-0.1, -0.05) is 42.5 Å². The van der Waals surface area contributed by atoms with Crippen molar-refractivity contribution in [3.8, 4) is 5.75 Å².